The molecule has 1 aliphatic rings. The third-order valence-electron chi connectivity index (χ3n) is 7.26. The number of sulfonamides is 2. The zero-order valence-electron chi connectivity index (χ0n) is 23.7. The lowest BCUT2D eigenvalue weighted by molar-refractivity contribution is -0.144. The number of benzene rings is 2. The minimum atomic E-state index is -4.43. The number of rotatable bonds is 13. The van der Waals surface area contributed by atoms with Crippen molar-refractivity contribution in [2.24, 2.45) is 0 Å². The van der Waals surface area contributed by atoms with Crippen molar-refractivity contribution in [1.29, 1.82) is 0 Å². The van der Waals surface area contributed by atoms with Gasteiger partial charge in [0.2, 0.25) is 16.0 Å². The van der Waals surface area contributed by atoms with E-state index >= 15 is 0 Å². The van der Waals surface area contributed by atoms with E-state index in [0.29, 0.717) is 18.4 Å². The number of aromatic amines is 1. The number of aliphatic hydroxyl groups is 1. The monoisotopic (exact) mass is 647 g/mol. The Bertz CT molecular complexity index is 1790. The molecule has 4 aromatic rings. The summed E-state index contributed by atoms with van der Waals surface area (Å²) in [4.78, 5) is 26.1. The van der Waals surface area contributed by atoms with Gasteiger partial charge in [0, 0.05) is 6.07 Å². The Labute approximate surface area is 254 Å². The SMILES string of the molecule is CS(=O)(=O)Nc1nc2ccc(S(=O)(=O)N(C[C@H](O)[C@H](Cc3ccccc3)N(C(=O)O)c3ccoc3)OC3CCCC3)cc2[nH]1. The van der Waals surface area contributed by atoms with Crippen molar-refractivity contribution in [3.05, 3.63) is 72.7 Å². The smallest absolute Gasteiger partial charge is 0.412 e. The maximum absolute atomic E-state index is 14.0. The Morgan fingerprint density at radius 3 is 2.50 bits per heavy atom. The Kier molecular flexibility index (Phi) is 9.26. The van der Waals surface area contributed by atoms with Crippen LogP contribution in [0.3, 0.4) is 0 Å². The molecular formula is C28H33N5O9S2. The van der Waals surface area contributed by atoms with Crippen LogP contribution >= 0.6 is 0 Å². The summed E-state index contributed by atoms with van der Waals surface area (Å²) < 4.78 is 59.4. The number of furan rings is 1. The summed E-state index contributed by atoms with van der Waals surface area (Å²) in [5.41, 5.74) is 1.46. The van der Waals surface area contributed by atoms with Crippen molar-refractivity contribution >= 4 is 48.8 Å². The molecule has 0 bridgehead atoms. The van der Waals surface area contributed by atoms with Gasteiger partial charge in [0.15, 0.2) is 0 Å². The minimum absolute atomic E-state index is 0.0625. The van der Waals surface area contributed by atoms with Crippen LogP contribution in [0, 0.1) is 0 Å². The Balaban J connectivity index is 1.49. The van der Waals surface area contributed by atoms with E-state index in [-0.39, 0.29) is 28.5 Å². The third-order valence-corrected chi connectivity index (χ3v) is 9.45. The molecule has 0 saturated heterocycles. The molecule has 1 aliphatic carbocycles. The molecule has 4 N–H and O–H groups in total. The van der Waals surface area contributed by atoms with Crippen LogP contribution in [0.2, 0.25) is 0 Å². The highest BCUT2D eigenvalue weighted by Crippen LogP contribution is 2.29. The van der Waals surface area contributed by atoms with Gasteiger partial charge in [0.25, 0.3) is 10.0 Å². The summed E-state index contributed by atoms with van der Waals surface area (Å²) >= 11 is 0. The number of hydrogen-bond acceptors (Lipinski definition) is 9. The van der Waals surface area contributed by atoms with Crippen molar-refractivity contribution < 1.29 is 41.1 Å². The second-order valence-electron chi connectivity index (χ2n) is 10.6. The summed E-state index contributed by atoms with van der Waals surface area (Å²) in [5.74, 6) is -0.0803. The fraction of sp³-hybridized carbons (Fsp3) is 0.357. The molecule has 2 atom stereocenters. The average molecular weight is 648 g/mol. The molecule has 0 radical (unpaired) electrons. The van der Waals surface area contributed by atoms with E-state index in [1.54, 1.807) is 30.3 Å². The molecule has 0 unspecified atom stereocenters. The first-order valence-electron chi connectivity index (χ1n) is 13.8. The van der Waals surface area contributed by atoms with E-state index in [0.717, 1.165) is 34.0 Å². The number of fused-ring (bicyclic) bond motifs is 1. The van der Waals surface area contributed by atoms with Gasteiger partial charge in [-0.2, -0.15) is 0 Å². The van der Waals surface area contributed by atoms with Crippen LogP contribution in [0.15, 0.2) is 76.4 Å². The van der Waals surface area contributed by atoms with Crippen molar-refractivity contribution in [2.45, 2.75) is 55.2 Å². The van der Waals surface area contributed by atoms with E-state index in [1.807, 2.05) is 0 Å². The first-order chi connectivity index (χ1) is 20.9. The van der Waals surface area contributed by atoms with Crippen molar-refractivity contribution in [3.63, 3.8) is 0 Å². The van der Waals surface area contributed by atoms with Crippen LogP contribution in [0.5, 0.6) is 0 Å². The van der Waals surface area contributed by atoms with Gasteiger partial charge in [-0.15, -0.1) is 0 Å². The molecule has 14 nitrogen and oxygen atoms in total. The largest absolute Gasteiger partial charge is 0.470 e. The number of H-pyrrole nitrogens is 1. The first kappa shape index (κ1) is 31.5. The van der Waals surface area contributed by atoms with E-state index in [2.05, 4.69) is 14.7 Å². The van der Waals surface area contributed by atoms with E-state index in [4.69, 9.17) is 9.25 Å². The molecule has 236 valence electrons. The summed E-state index contributed by atoms with van der Waals surface area (Å²) in [6, 6.07) is 13.3. The lowest BCUT2D eigenvalue weighted by Crippen LogP contribution is -2.53. The van der Waals surface area contributed by atoms with Crippen LogP contribution in [-0.4, -0.2) is 78.6 Å². The maximum Gasteiger partial charge on any atom is 0.412 e. The van der Waals surface area contributed by atoms with Crippen molar-refractivity contribution in [1.82, 2.24) is 14.4 Å². The van der Waals surface area contributed by atoms with Crippen LogP contribution in [0.25, 0.3) is 11.0 Å². The highest BCUT2D eigenvalue weighted by Gasteiger charge is 2.38. The number of carbonyl (C=O) groups is 1. The fourth-order valence-electron chi connectivity index (χ4n) is 5.22. The van der Waals surface area contributed by atoms with Gasteiger partial charge in [-0.05, 0) is 43.0 Å². The summed E-state index contributed by atoms with van der Waals surface area (Å²) in [6.45, 7) is -0.583. The quantitative estimate of drug-likeness (QED) is 0.156. The van der Waals surface area contributed by atoms with E-state index in [1.165, 1.54) is 36.8 Å². The number of carboxylic acid groups (broad SMARTS) is 1. The zero-order valence-corrected chi connectivity index (χ0v) is 25.4. The molecular weight excluding hydrogens is 614 g/mol. The number of imidazole rings is 1. The summed E-state index contributed by atoms with van der Waals surface area (Å²) in [5, 5.41) is 21.8. The predicted molar refractivity (Wildman–Crippen MR) is 161 cm³/mol. The van der Waals surface area contributed by atoms with Crippen LogP contribution in [0.1, 0.15) is 31.2 Å². The lowest BCUT2D eigenvalue weighted by Gasteiger charge is -2.34. The lowest BCUT2D eigenvalue weighted by atomic mass is 9.99. The Morgan fingerprint density at radius 2 is 1.86 bits per heavy atom. The number of amides is 1. The first-order valence-corrected chi connectivity index (χ1v) is 17.2. The maximum atomic E-state index is 14.0. The zero-order chi connectivity index (χ0) is 31.5. The van der Waals surface area contributed by atoms with Crippen molar-refractivity contribution in [3.8, 4) is 0 Å². The second kappa shape index (κ2) is 13.0. The molecule has 1 fully saturated rings. The standard InChI is InChI=1S/C28H33N5O9S2/c1-43(37,38)31-27-29-23-12-11-22(16-24(23)30-27)44(39,40)32(42-21-9-5-6-10-21)17-26(34)25(15-19-7-3-2-4-8-19)33(28(35)36)20-13-14-41-18-20/h2-4,7-8,11-14,16,18,21,25-26,34H,5-6,9-10,15,17H2,1H3,(H,35,36)(H2,29,30,31)/t25-,26-/m0/s1. The third kappa shape index (κ3) is 7.39. The molecule has 1 amide bonds. The van der Waals surface area contributed by atoms with Gasteiger partial charge in [-0.25, -0.2) is 26.6 Å². The second-order valence-corrected chi connectivity index (χ2v) is 14.2. The normalized spacial score (nSPS) is 15.9. The number of aliphatic hydroxyl groups excluding tert-OH is 1. The molecule has 44 heavy (non-hydrogen) atoms. The molecule has 2 aromatic carbocycles. The Morgan fingerprint density at radius 1 is 1.14 bits per heavy atom. The topological polar surface area (TPSA) is 195 Å². The van der Waals surface area contributed by atoms with Gasteiger partial charge < -0.3 is 19.6 Å². The molecule has 0 aliphatic heterocycles. The molecule has 2 heterocycles. The van der Waals surface area contributed by atoms with Crippen LogP contribution in [0.4, 0.5) is 16.4 Å². The number of hydrogen-bond donors (Lipinski definition) is 4. The molecule has 0 spiro atoms. The number of hydroxylamine groups is 1. The minimum Gasteiger partial charge on any atom is -0.470 e. The number of anilines is 2. The summed E-state index contributed by atoms with van der Waals surface area (Å²) in [7, 11) is -8.06. The molecule has 2 aromatic heterocycles. The number of aromatic nitrogens is 2. The fourth-order valence-corrected chi connectivity index (χ4v) is 6.99. The predicted octanol–water partition coefficient (Wildman–Crippen LogP) is 3.55. The molecule has 1 saturated carbocycles. The highest BCUT2D eigenvalue weighted by atomic mass is 32.2. The van der Waals surface area contributed by atoms with Gasteiger partial charge in [-0.1, -0.05) is 47.6 Å². The average Bonchev–Trinajstić information content (AvgIpc) is 3.74. The van der Waals surface area contributed by atoms with Gasteiger partial charge in [0.05, 0.1) is 58.9 Å². The van der Waals surface area contributed by atoms with Gasteiger partial charge in [-0.3, -0.25) is 14.5 Å². The van der Waals surface area contributed by atoms with Gasteiger partial charge >= 0.3 is 6.09 Å². The van der Waals surface area contributed by atoms with Gasteiger partial charge in [0.1, 0.15) is 6.26 Å². The summed E-state index contributed by atoms with van der Waals surface area (Å²) in [6.07, 6.45) is 3.17. The molecule has 16 heteroatoms. The van der Waals surface area contributed by atoms with Crippen LogP contribution in [-0.2, 0) is 31.3 Å². The highest BCUT2D eigenvalue weighted by molar-refractivity contribution is 7.92. The van der Waals surface area contributed by atoms with E-state index < -0.39 is 50.9 Å². The van der Waals surface area contributed by atoms with Crippen molar-refractivity contribution in [2.75, 3.05) is 22.4 Å². The molecule has 5 rings (SSSR count). The van der Waals surface area contributed by atoms with E-state index in [9.17, 15) is 31.8 Å². The number of nitrogens with zero attached hydrogens (tertiary/aromatic N) is 3. The Hall–Kier alpha value is -3.96. The number of nitrogens with one attached hydrogen (secondary N) is 2. The van der Waals surface area contributed by atoms with Crippen LogP contribution < -0.4 is 9.62 Å².